The van der Waals surface area contributed by atoms with Crippen LogP contribution in [0.1, 0.15) is 16.7 Å². The summed E-state index contributed by atoms with van der Waals surface area (Å²) >= 11 is 3.40. The van der Waals surface area contributed by atoms with Gasteiger partial charge in [-0.2, -0.15) is 0 Å². The van der Waals surface area contributed by atoms with Crippen LogP contribution < -0.4 is 0 Å². The van der Waals surface area contributed by atoms with E-state index in [0.717, 1.165) is 32.4 Å². The first kappa shape index (κ1) is 19.2. The third kappa shape index (κ3) is 4.46. The summed E-state index contributed by atoms with van der Waals surface area (Å²) in [6, 6.07) is 17.2. The van der Waals surface area contributed by atoms with E-state index in [1.165, 1.54) is 11.1 Å². The summed E-state index contributed by atoms with van der Waals surface area (Å²) in [4.78, 5) is 9.07. The van der Waals surface area contributed by atoms with Crippen molar-refractivity contribution in [2.45, 2.75) is 13.8 Å². The molecule has 0 atom stereocenters. The summed E-state index contributed by atoms with van der Waals surface area (Å²) in [6.07, 6.45) is 5.28. The summed E-state index contributed by atoms with van der Waals surface area (Å²) in [6.45, 7) is 4.13. The Morgan fingerprint density at radius 2 is 1.79 bits per heavy atom. The van der Waals surface area contributed by atoms with Crippen molar-refractivity contribution < 1.29 is 9.52 Å². The van der Waals surface area contributed by atoms with Crippen molar-refractivity contribution in [3.05, 3.63) is 81.8 Å². The lowest BCUT2D eigenvalue weighted by Gasteiger charge is -2.00. The van der Waals surface area contributed by atoms with Crippen LogP contribution in [0.25, 0.3) is 28.6 Å². The van der Waals surface area contributed by atoms with Crippen molar-refractivity contribution in [1.29, 1.82) is 0 Å². The number of phenolic OH excluding ortho intramolecular Hbond substituents is 1. The van der Waals surface area contributed by atoms with E-state index in [-0.39, 0.29) is 5.75 Å². The average molecular weight is 447 g/mol. The van der Waals surface area contributed by atoms with Gasteiger partial charge in [0, 0.05) is 21.8 Å². The number of rotatable bonds is 4. The van der Waals surface area contributed by atoms with E-state index in [2.05, 4.69) is 58.0 Å². The van der Waals surface area contributed by atoms with E-state index < -0.39 is 0 Å². The van der Waals surface area contributed by atoms with Crippen LogP contribution in [0, 0.1) is 13.8 Å². The standard InChI is InChI=1S/C24H19BrN2O2/c1-15-10-16(2)12-18(11-15)24-27-21-14-20(6-8-23(21)29-24)26-9-3-4-17-13-19(25)5-7-22(17)28/h3-14,28H,1-2H3/b4-3+,26-9?. The van der Waals surface area contributed by atoms with Crippen LogP contribution in [-0.2, 0) is 0 Å². The predicted octanol–water partition coefficient (Wildman–Crippen LogP) is 7.00. The van der Waals surface area contributed by atoms with Gasteiger partial charge in [-0.3, -0.25) is 4.99 Å². The van der Waals surface area contributed by atoms with E-state index in [4.69, 9.17) is 4.42 Å². The number of hydrogen-bond acceptors (Lipinski definition) is 4. The van der Waals surface area contributed by atoms with Crippen LogP contribution in [0.4, 0.5) is 5.69 Å². The normalized spacial score (nSPS) is 11.8. The Labute approximate surface area is 177 Å². The van der Waals surface area contributed by atoms with Gasteiger partial charge in [-0.1, -0.05) is 33.1 Å². The highest BCUT2D eigenvalue weighted by molar-refractivity contribution is 9.10. The number of halogens is 1. The maximum atomic E-state index is 9.86. The molecule has 1 N–H and O–H groups in total. The van der Waals surface area contributed by atoms with Gasteiger partial charge in [0.1, 0.15) is 11.3 Å². The molecule has 144 valence electrons. The zero-order valence-electron chi connectivity index (χ0n) is 16.1. The topological polar surface area (TPSA) is 58.6 Å². The first-order chi connectivity index (χ1) is 14.0. The SMILES string of the molecule is Cc1cc(C)cc(-c2nc3cc(N=C/C=C/c4cc(Br)ccc4O)ccc3o2)c1. The molecule has 0 aliphatic rings. The van der Waals surface area contributed by atoms with Crippen molar-refractivity contribution in [3.63, 3.8) is 0 Å². The van der Waals surface area contributed by atoms with Crippen molar-refractivity contribution in [3.8, 4) is 17.2 Å². The number of aromatic nitrogens is 1. The van der Waals surface area contributed by atoms with Crippen LogP contribution in [0.3, 0.4) is 0 Å². The molecule has 4 rings (SSSR count). The number of benzene rings is 3. The Morgan fingerprint density at radius 1 is 1.00 bits per heavy atom. The minimum absolute atomic E-state index is 0.223. The first-order valence-corrected chi connectivity index (χ1v) is 9.96. The zero-order chi connectivity index (χ0) is 20.4. The molecule has 3 aromatic carbocycles. The van der Waals surface area contributed by atoms with Crippen molar-refractivity contribution >= 4 is 45.0 Å². The number of oxazole rings is 1. The van der Waals surface area contributed by atoms with Gasteiger partial charge in [0.15, 0.2) is 5.58 Å². The molecule has 0 spiro atoms. The second-order valence-electron chi connectivity index (χ2n) is 6.89. The van der Waals surface area contributed by atoms with Gasteiger partial charge >= 0.3 is 0 Å². The maximum absolute atomic E-state index is 9.86. The number of aryl methyl sites for hydroxylation is 2. The summed E-state index contributed by atoms with van der Waals surface area (Å²) < 4.78 is 6.82. The quantitative estimate of drug-likeness (QED) is 0.343. The first-order valence-electron chi connectivity index (χ1n) is 9.16. The smallest absolute Gasteiger partial charge is 0.227 e. The van der Waals surface area contributed by atoms with E-state index in [0.29, 0.717) is 5.89 Å². The molecular formula is C24H19BrN2O2. The Hall–Kier alpha value is -3.18. The lowest BCUT2D eigenvalue weighted by molar-refractivity contribution is 0.474. The number of aliphatic imine (C=N–C) groups is 1. The molecule has 0 fully saturated rings. The fraction of sp³-hybridized carbons (Fsp3) is 0.0833. The molecular weight excluding hydrogens is 428 g/mol. The largest absolute Gasteiger partial charge is 0.507 e. The fourth-order valence-electron chi connectivity index (χ4n) is 3.15. The highest BCUT2D eigenvalue weighted by atomic mass is 79.9. The average Bonchev–Trinajstić information content (AvgIpc) is 3.10. The molecule has 0 aliphatic carbocycles. The van der Waals surface area contributed by atoms with Crippen molar-refractivity contribution in [2.24, 2.45) is 4.99 Å². The van der Waals surface area contributed by atoms with E-state index in [1.54, 1.807) is 30.5 Å². The van der Waals surface area contributed by atoms with Crippen LogP contribution >= 0.6 is 15.9 Å². The van der Waals surface area contributed by atoms with Crippen LogP contribution in [-0.4, -0.2) is 16.3 Å². The number of aromatic hydroxyl groups is 1. The molecule has 5 heteroatoms. The van der Waals surface area contributed by atoms with Gasteiger partial charge in [0.25, 0.3) is 0 Å². The van der Waals surface area contributed by atoms with E-state index in [9.17, 15) is 5.11 Å². The number of allylic oxidation sites excluding steroid dienone is 1. The van der Waals surface area contributed by atoms with Crippen molar-refractivity contribution in [2.75, 3.05) is 0 Å². The molecule has 29 heavy (non-hydrogen) atoms. The predicted molar refractivity (Wildman–Crippen MR) is 122 cm³/mol. The van der Waals surface area contributed by atoms with Gasteiger partial charge in [-0.05, 0) is 74.5 Å². The summed E-state index contributed by atoms with van der Waals surface area (Å²) in [5.74, 6) is 0.832. The molecule has 4 nitrogen and oxygen atoms in total. The molecule has 0 unspecified atom stereocenters. The molecule has 1 aromatic heterocycles. The molecule has 4 aromatic rings. The molecule has 0 aliphatic heterocycles. The summed E-state index contributed by atoms with van der Waals surface area (Å²) in [7, 11) is 0. The zero-order valence-corrected chi connectivity index (χ0v) is 17.6. The Kier molecular flexibility index (Phi) is 5.32. The third-order valence-electron chi connectivity index (χ3n) is 4.41. The highest BCUT2D eigenvalue weighted by Gasteiger charge is 2.09. The molecule has 0 radical (unpaired) electrons. The number of phenols is 1. The van der Waals surface area contributed by atoms with Crippen LogP contribution in [0.2, 0.25) is 0 Å². The number of hydrogen-bond donors (Lipinski definition) is 1. The molecule has 0 bridgehead atoms. The summed E-state index contributed by atoms with van der Waals surface area (Å²) in [5, 5.41) is 9.86. The molecule has 0 amide bonds. The van der Waals surface area contributed by atoms with Gasteiger partial charge in [0.05, 0.1) is 5.69 Å². The minimum Gasteiger partial charge on any atom is -0.507 e. The monoisotopic (exact) mass is 446 g/mol. The maximum Gasteiger partial charge on any atom is 0.227 e. The highest BCUT2D eigenvalue weighted by Crippen LogP contribution is 2.28. The minimum atomic E-state index is 0.223. The van der Waals surface area contributed by atoms with Crippen LogP contribution in [0.5, 0.6) is 5.75 Å². The Morgan fingerprint density at radius 3 is 2.59 bits per heavy atom. The van der Waals surface area contributed by atoms with E-state index >= 15 is 0 Å². The van der Waals surface area contributed by atoms with Crippen LogP contribution in [0.15, 0.2) is 74.6 Å². The fourth-order valence-corrected chi connectivity index (χ4v) is 3.53. The van der Waals surface area contributed by atoms with Gasteiger partial charge in [0.2, 0.25) is 5.89 Å². The second-order valence-corrected chi connectivity index (χ2v) is 7.80. The lowest BCUT2D eigenvalue weighted by atomic mass is 10.1. The van der Waals surface area contributed by atoms with Gasteiger partial charge in [-0.15, -0.1) is 0 Å². The van der Waals surface area contributed by atoms with E-state index in [1.807, 2.05) is 24.3 Å². The Balaban J connectivity index is 1.56. The van der Waals surface area contributed by atoms with Gasteiger partial charge in [-0.25, -0.2) is 4.98 Å². The summed E-state index contributed by atoms with van der Waals surface area (Å²) in [5.41, 5.74) is 6.32. The molecule has 1 heterocycles. The lowest BCUT2D eigenvalue weighted by Crippen LogP contribution is -1.82. The van der Waals surface area contributed by atoms with Crippen molar-refractivity contribution in [1.82, 2.24) is 4.98 Å². The van der Waals surface area contributed by atoms with Gasteiger partial charge < -0.3 is 9.52 Å². The third-order valence-corrected chi connectivity index (χ3v) is 4.91. The number of nitrogens with zero attached hydrogens (tertiary/aromatic N) is 2. The number of fused-ring (bicyclic) bond motifs is 1. The second kappa shape index (κ2) is 8.05. The molecule has 0 saturated heterocycles. The molecule has 0 saturated carbocycles. The Bertz CT molecular complexity index is 1230.